The van der Waals surface area contributed by atoms with Crippen LogP contribution in [0, 0.1) is 11.8 Å². The Labute approximate surface area is 255 Å². The summed E-state index contributed by atoms with van der Waals surface area (Å²) in [5.41, 5.74) is 1.25. The van der Waals surface area contributed by atoms with Gasteiger partial charge in [-0.1, -0.05) is 22.7 Å². The second kappa shape index (κ2) is 15.4. The van der Waals surface area contributed by atoms with Crippen molar-refractivity contribution in [2.75, 3.05) is 36.4 Å². The van der Waals surface area contributed by atoms with Crippen LogP contribution in [0.4, 0.5) is 10.3 Å². The van der Waals surface area contributed by atoms with E-state index in [4.69, 9.17) is 30.6 Å². The number of ether oxygens (including phenoxy) is 4. The van der Waals surface area contributed by atoms with Crippen LogP contribution < -0.4 is 21.7 Å². The summed E-state index contributed by atoms with van der Waals surface area (Å²) in [5, 5.41) is 2.84. The summed E-state index contributed by atoms with van der Waals surface area (Å²) in [6, 6.07) is 3.71. The minimum atomic E-state index is -0.609. The normalized spacial score (nSPS) is 16.2. The van der Waals surface area contributed by atoms with Gasteiger partial charge in [0, 0.05) is 26.4 Å². The molecule has 14 heteroatoms. The van der Waals surface area contributed by atoms with Crippen molar-refractivity contribution < 1.29 is 28.5 Å². The summed E-state index contributed by atoms with van der Waals surface area (Å²) in [6.45, 7) is 16.7. The van der Waals surface area contributed by atoms with Crippen molar-refractivity contribution in [3.05, 3.63) is 12.1 Å². The first-order valence-electron chi connectivity index (χ1n) is 14.3. The molecule has 4 N–H and O–H groups in total. The van der Waals surface area contributed by atoms with E-state index in [1.54, 1.807) is 6.07 Å². The van der Waals surface area contributed by atoms with Gasteiger partial charge in [-0.3, -0.25) is 9.59 Å². The number of fused-ring (bicyclic) bond motifs is 2. The number of carbonyl (C=O) groups is 2. The molecule has 0 aliphatic carbocycles. The van der Waals surface area contributed by atoms with Gasteiger partial charge in [-0.2, -0.15) is 0 Å². The highest BCUT2D eigenvalue weighted by atomic mass is 32.1. The SMILES string of the molecule is CCOC(C)C(C(=O)N(N)c1nc2cc3nc(N(N)C(=O)C(C(C)OCC)C(C)OCC)sc3cc2s1)C(C)OCC. The van der Waals surface area contributed by atoms with Crippen molar-refractivity contribution in [1.29, 1.82) is 0 Å². The van der Waals surface area contributed by atoms with Crippen LogP contribution in [0.15, 0.2) is 12.1 Å². The van der Waals surface area contributed by atoms with Gasteiger partial charge in [-0.25, -0.2) is 31.7 Å². The lowest BCUT2D eigenvalue weighted by atomic mass is 9.96. The van der Waals surface area contributed by atoms with Crippen molar-refractivity contribution >= 4 is 65.2 Å². The van der Waals surface area contributed by atoms with Gasteiger partial charge in [0.2, 0.25) is 10.3 Å². The highest BCUT2D eigenvalue weighted by molar-refractivity contribution is 7.24. The number of aromatic nitrogens is 2. The summed E-state index contributed by atoms with van der Waals surface area (Å²) >= 11 is 2.57. The molecule has 3 aromatic rings. The Kier molecular flexibility index (Phi) is 12.6. The van der Waals surface area contributed by atoms with E-state index >= 15 is 0 Å². The molecular formula is C28H44N6O6S2. The van der Waals surface area contributed by atoms with Crippen LogP contribution in [0.25, 0.3) is 20.4 Å². The van der Waals surface area contributed by atoms with Crippen molar-refractivity contribution in [1.82, 2.24) is 9.97 Å². The van der Waals surface area contributed by atoms with E-state index in [2.05, 4.69) is 9.97 Å². The monoisotopic (exact) mass is 624 g/mol. The van der Waals surface area contributed by atoms with Crippen LogP contribution in [-0.4, -0.2) is 72.6 Å². The summed E-state index contributed by atoms with van der Waals surface area (Å²) < 4.78 is 24.6. The first kappa shape index (κ1) is 34.2. The van der Waals surface area contributed by atoms with Crippen LogP contribution in [0.1, 0.15) is 55.4 Å². The Hall–Kier alpha value is -2.30. The number of rotatable bonds is 16. The molecule has 0 saturated heterocycles. The zero-order valence-corrected chi connectivity index (χ0v) is 27.3. The Morgan fingerprint density at radius 1 is 0.667 bits per heavy atom. The Bertz CT molecular complexity index is 1160. The highest BCUT2D eigenvalue weighted by Crippen LogP contribution is 2.36. The van der Waals surface area contributed by atoms with E-state index in [1.165, 1.54) is 22.7 Å². The lowest BCUT2D eigenvalue weighted by Gasteiger charge is -2.30. The molecule has 12 nitrogen and oxygen atoms in total. The number of hydrogen-bond donors (Lipinski definition) is 2. The predicted molar refractivity (Wildman–Crippen MR) is 167 cm³/mol. The Morgan fingerprint density at radius 3 is 1.26 bits per heavy atom. The molecule has 0 fully saturated rings. The number of amides is 2. The van der Waals surface area contributed by atoms with Crippen LogP contribution in [0.5, 0.6) is 0 Å². The van der Waals surface area contributed by atoms with Gasteiger partial charge in [0.15, 0.2) is 0 Å². The largest absolute Gasteiger partial charge is 0.378 e. The van der Waals surface area contributed by atoms with E-state index in [0.717, 1.165) is 19.4 Å². The summed E-state index contributed by atoms with van der Waals surface area (Å²) in [4.78, 5) is 36.2. The number of hydrogen-bond acceptors (Lipinski definition) is 12. The Balaban J connectivity index is 1.88. The second-order valence-corrected chi connectivity index (χ2v) is 11.9. The maximum absolute atomic E-state index is 13.5. The molecule has 0 radical (unpaired) electrons. The van der Waals surface area contributed by atoms with Gasteiger partial charge >= 0.3 is 0 Å². The molecule has 4 unspecified atom stereocenters. The number of nitrogens with zero attached hydrogens (tertiary/aromatic N) is 4. The van der Waals surface area contributed by atoms with Crippen molar-refractivity contribution in [2.24, 2.45) is 23.5 Å². The molecule has 2 heterocycles. The minimum absolute atomic E-state index is 0.340. The zero-order valence-electron chi connectivity index (χ0n) is 25.7. The maximum atomic E-state index is 13.5. The van der Waals surface area contributed by atoms with Crippen LogP contribution in [0.3, 0.4) is 0 Å². The van der Waals surface area contributed by atoms with Gasteiger partial charge in [0.25, 0.3) is 11.8 Å². The van der Waals surface area contributed by atoms with E-state index in [1.807, 2.05) is 61.5 Å². The fourth-order valence-corrected chi connectivity index (χ4v) is 6.98. The number of nitrogens with two attached hydrogens (primary N) is 2. The fourth-order valence-electron chi connectivity index (χ4n) is 5.07. The summed E-state index contributed by atoms with van der Waals surface area (Å²) in [7, 11) is 0. The fraction of sp³-hybridized carbons (Fsp3) is 0.643. The molecule has 2 aromatic heterocycles. The number of carbonyl (C=O) groups excluding carboxylic acids is 2. The minimum Gasteiger partial charge on any atom is -0.378 e. The lowest BCUT2D eigenvalue weighted by molar-refractivity contribution is -0.136. The van der Waals surface area contributed by atoms with Crippen molar-refractivity contribution in [3.63, 3.8) is 0 Å². The third kappa shape index (κ3) is 7.61. The topological polar surface area (TPSA) is 155 Å². The highest BCUT2D eigenvalue weighted by Gasteiger charge is 2.37. The molecule has 0 bridgehead atoms. The van der Waals surface area contributed by atoms with Gasteiger partial charge in [-0.05, 0) is 67.5 Å². The molecule has 4 atom stereocenters. The first-order valence-corrected chi connectivity index (χ1v) is 16.0. The lowest BCUT2D eigenvalue weighted by Crippen LogP contribution is -2.49. The molecule has 3 rings (SSSR count). The van der Waals surface area contributed by atoms with Gasteiger partial charge < -0.3 is 18.9 Å². The second-order valence-electron chi connectivity index (χ2n) is 9.89. The van der Waals surface area contributed by atoms with E-state index < -0.39 is 36.3 Å². The Morgan fingerprint density at radius 2 is 0.976 bits per heavy atom. The number of anilines is 2. The summed E-state index contributed by atoms with van der Waals surface area (Å²) in [5.74, 6) is 10.7. The van der Waals surface area contributed by atoms with E-state index in [-0.39, 0.29) is 11.8 Å². The molecule has 0 aliphatic rings. The molecule has 0 spiro atoms. The standard InChI is InChI=1S/C28H44N6O6S2/c1-9-37-15(5)23(16(6)38-10-2)25(35)33(29)27-31-19-13-20-22(14-21(19)41-27)42-28(32-20)34(30)26(36)24(17(7)39-11-3)18(8)40-12-4/h13-18,23-24H,9-12,29-30H2,1-8H3. The van der Waals surface area contributed by atoms with Gasteiger partial charge in [0.1, 0.15) is 0 Å². The molecule has 42 heavy (non-hydrogen) atoms. The van der Waals surface area contributed by atoms with E-state index in [9.17, 15) is 9.59 Å². The quantitative estimate of drug-likeness (QED) is 0.134. The third-order valence-electron chi connectivity index (χ3n) is 7.07. The van der Waals surface area contributed by atoms with Crippen LogP contribution >= 0.6 is 22.7 Å². The zero-order chi connectivity index (χ0) is 31.1. The molecule has 234 valence electrons. The molecule has 1 aromatic carbocycles. The maximum Gasteiger partial charge on any atom is 0.251 e. The van der Waals surface area contributed by atoms with Gasteiger partial charge in [0.05, 0.1) is 56.7 Å². The van der Waals surface area contributed by atoms with E-state index in [0.29, 0.717) is 47.7 Å². The average Bonchev–Trinajstić information content (AvgIpc) is 3.54. The van der Waals surface area contributed by atoms with Crippen LogP contribution in [-0.2, 0) is 28.5 Å². The molecule has 2 amide bonds. The predicted octanol–water partition coefficient (Wildman–Crippen LogP) is 4.25. The summed E-state index contributed by atoms with van der Waals surface area (Å²) in [6.07, 6.45) is -1.59. The number of hydrazine groups is 2. The number of benzene rings is 1. The number of thiazole rings is 2. The van der Waals surface area contributed by atoms with Crippen LogP contribution in [0.2, 0.25) is 0 Å². The van der Waals surface area contributed by atoms with Gasteiger partial charge in [-0.15, -0.1) is 0 Å². The third-order valence-corrected chi connectivity index (χ3v) is 9.11. The molecule has 0 saturated carbocycles. The smallest absolute Gasteiger partial charge is 0.251 e. The molecular weight excluding hydrogens is 580 g/mol. The van der Waals surface area contributed by atoms with Crippen molar-refractivity contribution in [2.45, 2.75) is 79.8 Å². The first-order chi connectivity index (χ1) is 20.0. The molecule has 0 aliphatic heterocycles. The average molecular weight is 625 g/mol. The van der Waals surface area contributed by atoms with Crippen molar-refractivity contribution in [3.8, 4) is 0 Å².